The molecule has 1 saturated heterocycles. The Labute approximate surface area is 217 Å². The molecule has 0 aromatic carbocycles. The van der Waals surface area contributed by atoms with Gasteiger partial charge < -0.3 is 9.47 Å². The number of ether oxygens (including phenoxy) is 2. The zero-order valence-corrected chi connectivity index (χ0v) is 22.0. The maximum atomic E-state index is 12.9. The van der Waals surface area contributed by atoms with Gasteiger partial charge in [-0.05, 0) is 6.92 Å². The van der Waals surface area contributed by atoms with Crippen LogP contribution in [0.3, 0.4) is 0 Å². The maximum Gasteiger partial charge on any atom is 0.475 e. The van der Waals surface area contributed by atoms with Crippen LogP contribution in [0.5, 0.6) is 0 Å². The Hall–Kier alpha value is -0.0400. The van der Waals surface area contributed by atoms with Crippen LogP contribution < -0.4 is 11.2 Å². The van der Waals surface area contributed by atoms with Gasteiger partial charge in [0, 0.05) is 18.2 Å². The third-order valence-electron chi connectivity index (χ3n) is 4.04. The molecule has 1 aromatic heterocycles. The molecule has 0 radical (unpaired) electrons. The minimum absolute atomic E-state index is 0.00642. The summed E-state index contributed by atoms with van der Waals surface area (Å²) in [5.74, 6) is 0. The predicted molar refractivity (Wildman–Crippen MR) is 122 cm³/mol. The van der Waals surface area contributed by atoms with Crippen LogP contribution in [0, 0.1) is 6.92 Å². The second-order valence-corrected chi connectivity index (χ2v) is 13.3. The number of aromatic amines is 1. The van der Waals surface area contributed by atoms with E-state index in [0.29, 0.717) is 0 Å². The van der Waals surface area contributed by atoms with Gasteiger partial charge in [0.05, 0.1) is 6.61 Å². The van der Waals surface area contributed by atoms with E-state index in [1.165, 1.54) is 13.1 Å². The van der Waals surface area contributed by atoms with Crippen molar-refractivity contribution in [3.63, 3.8) is 0 Å². The Balaban J connectivity index is 2.17. The fraction of sp³-hybridized carbons (Fsp3) is 0.667. The quantitative estimate of drug-likeness (QED) is 0.239. The van der Waals surface area contributed by atoms with E-state index in [-0.39, 0.29) is 18.5 Å². The average Bonchev–Trinajstić information content (AvgIpc) is 3.08. The molecule has 0 spiro atoms. The van der Waals surface area contributed by atoms with E-state index in [2.05, 4.69) is 4.98 Å². The van der Waals surface area contributed by atoms with Crippen molar-refractivity contribution in [2.45, 2.75) is 39.4 Å². The van der Waals surface area contributed by atoms with Crippen molar-refractivity contribution >= 4 is 83.9 Å². The number of nitrogens with zero attached hydrogens (tertiary/aromatic N) is 1. The fourth-order valence-electron chi connectivity index (χ4n) is 2.62. The average molecular weight is 613 g/mol. The van der Waals surface area contributed by atoms with Crippen LogP contribution in [-0.2, 0) is 32.4 Å². The number of aromatic nitrogens is 2. The minimum Gasteiger partial charge on any atom is -0.462 e. The van der Waals surface area contributed by atoms with Crippen LogP contribution >= 0.6 is 77.4 Å². The fourth-order valence-corrected chi connectivity index (χ4v) is 4.66. The van der Waals surface area contributed by atoms with Crippen LogP contribution in [0.1, 0.15) is 18.2 Å². The van der Waals surface area contributed by atoms with Crippen molar-refractivity contribution in [3.05, 3.63) is 32.6 Å². The smallest absolute Gasteiger partial charge is 0.462 e. The van der Waals surface area contributed by atoms with Crippen LogP contribution in [0.15, 0.2) is 15.8 Å². The molecule has 11 nitrogen and oxygen atoms in total. The van der Waals surface area contributed by atoms with E-state index in [0.717, 1.165) is 4.57 Å². The van der Waals surface area contributed by atoms with Gasteiger partial charge in [0.15, 0.2) is 0 Å². The number of phosphoric acid groups is 1. The lowest BCUT2D eigenvalue weighted by atomic mass is 10.2. The predicted octanol–water partition coefficient (Wildman–Crippen LogP) is 3.57. The van der Waals surface area contributed by atoms with Gasteiger partial charge in [-0.25, -0.2) is 9.36 Å². The van der Waals surface area contributed by atoms with Crippen molar-refractivity contribution in [2.75, 3.05) is 19.8 Å². The minimum atomic E-state index is -4.47. The second kappa shape index (κ2) is 11.8. The van der Waals surface area contributed by atoms with Crippen molar-refractivity contribution in [1.82, 2.24) is 9.55 Å². The van der Waals surface area contributed by atoms with Gasteiger partial charge in [-0.3, -0.25) is 32.7 Å². The molecule has 0 bridgehead atoms. The molecule has 0 aliphatic carbocycles. The number of nitrogens with one attached hydrogen (secondary N) is 1. The summed E-state index contributed by atoms with van der Waals surface area (Å²) in [6, 6.07) is 0. The molecule has 33 heavy (non-hydrogen) atoms. The van der Waals surface area contributed by atoms with E-state index >= 15 is 0 Å². The van der Waals surface area contributed by atoms with Crippen LogP contribution in [-0.4, -0.2) is 55.6 Å². The molecule has 1 N–H and O–H groups in total. The third kappa shape index (κ3) is 9.50. The van der Waals surface area contributed by atoms with E-state index in [1.807, 2.05) is 0 Å². The molecular weight excluding hydrogens is 596 g/mol. The highest BCUT2D eigenvalue weighted by molar-refractivity contribution is 7.48. The Kier molecular flexibility index (Phi) is 10.4. The lowest BCUT2D eigenvalue weighted by molar-refractivity contribution is -0.137. The highest BCUT2D eigenvalue weighted by atomic mass is 35.6. The van der Waals surface area contributed by atoms with Gasteiger partial charge in [0.25, 0.3) is 12.0 Å². The van der Waals surface area contributed by atoms with Crippen molar-refractivity contribution in [2.24, 2.45) is 0 Å². The maximum absolute atomic E-state index is 12.9. The van der Waals surface area contributed by atoms with Crippen molar-refractivity contribution in [3.8, 4) is 0 Å². The zero-order chi connectivity index (χ0) is 25.0. The molecule has 18 heteroatoms. The highest BCUT2D eigenvalue weighted by Crippen LogP contribution is 2.53. The van der Waals surface area contributed by atoms with Crippen LogP contribution in [0.2, 0.25) is 0 Å². The summed E-state index contributed by atoms with van der Waals surface area (Å²) in [4.78, 5) is 36.8. The molecule has 1 aromatic rings. The largest absolute Gasteiger partial charge is 0.475 e. The van der Waals surface area contributed by atoms with Crippen molar-refractivity contribution < 1.29 is 32.4 Å². The number of hydrogen-bond donors (Lipinski definition) is 1. The molecule has 1 fully saturated rings. The van der Waals surface area contributed by atoms with E-state index < -0.39 is 64.9 Å². The number of phosphoric ester groups is 1. The third-order valence-corrected chi connectivity index (χ3v) is 6.05. The summed E-state index contributed by atoms with van der Waals surface area (Å²) in [5.41, 5.74) is -1.06. The Morgan fingerprint density at radius 1 is 1.15 bits per heavy atom. The Morgan fingerprint density at radius 2 is 1.73 bits per heavy atom. The molecule has 2 heterocycles. The first kappa shape index (κ1) is 29.2. The molecule has 2 rings (SSSR count). The second-order valence-electron chi connectivity index (χ2n) is 6.63. The summed E-state index contributed by atoms with van der Waals surface area (Å²) in [5, 5.41) is 0. The number of carbonyl (C=O) groups is 1. The van der Waals surface area contributed by atoms with Gasteiger partial charge in [-0.15, -0.1) is 0 Å². The summed E-state index contributed by atoms with van der Waals surface area (Å²) < 4.78 is 36.0. The van der Waals surface area contributed by atoms with Gasteiger partial charge in [-0.1, -0.05) is 69.6 Å². The first-order valence-electron chi connectivity index (χ1n) is 8.86. The molecule has 0 saturated carbocycles. The molecule has 3 atom stereocenters. The number of carbonyl (C=O) groups excluding carboxylic acids is 1. The molecular formula is C15H17Cl6N2O9P. The summed E-state index contributed by atoms with van der Waals surface area (Å²) in [7, 11) is -4.47. The molecule has 188 valence electrons. The molecule has 1 aliphatic rings. The normalized spacial score (nSPS) is 21.8. The zero-order valence-electron chi connectivity index (χ0n) is 16.6. The molecule has 1 aliphatic heterocycles. The number of alkyl halides is 6. The standard InChI is InChI=1S/C15H17Cl6N2O9P/c1-8-3-23(13(26)22-12(8)25)11-2-9(28-7-24)10(32-11)4-29-33(27,30-5-14(16,17)18)31-6-15(19,20)21/h3,7,9-11H,2,4-6H2,1H3,(H,22,25,26)/t9-,10+,11+/m0/s1. The number of aryl methyl sites for hydroxylation is 1. The number of rotatable bonds is 10. The van der Waals surface area contributed by atoms with E-state index in [1.54, 1.807) is 0 Å². The number of hydrogen-bond acceptors (Lipinski definition) is 9. The first-order valence-corrected chi connectivity index (χ1v) is 12.6. The number of halogens is 6. The molecule has 0 unspecified atom stereocenters. The number of H-pyrrole nitrogens is 1. The van der Waals surface area contributed by atoms with Crippen LogP contribution in [0.25, 0.3) is 0 Å². The van der Waals surface area contributed by atoms with Crippen molar-refractivity contribution in [1.29, 1.82) is 0 Å². The summed E-state index contributed by atoms with van der Waals surface area (Å²) in [6.45, 7) is -0.276. The SMILES string of the molecule is Cc1cn([C@H]2C[C@H](OC=O)[C@@H](COP(=O)(OCC(Cl)(Cl)Cl)OCC(Cl)(Cl)Cl)O2)c(=O)[nH]c1=O. The van der Waals surface area contributed by atoms with E-state index in [4.69, 9.17) is 92.7 Å². The Bertz CT molecular complexity index is 970. The highest BCUT2D eigenvalue weighted by Gasteiger charge is 2.42. The van der Waals surface area contributed by atoms with Gasteiger partial charge in [-0.2, -0.15) is 0 Å². The summed E-state index contributed by atoms with van der Waals surface area (Å²) >= 11 is 33.6. The monoisotopic (exact) mass is 610 g/mol. The van der Waals surface area contributed by atoms with Gasteiger partial charge in [0.2, 0.25) is 7.59 Å². The summed E-state index contributed by atoms with van der Waals surface area (Å²) in [6.07, 6.45) is -1.63. The molecule has 0 amide bonds. The Morgan fingerprint density at radius 3 is 2.24 bits per heavy atom. The topological polar surface area (TPSA) is 135 Å². The first-order chi connectivity index (χ1) is 15.1. The van der Waals surface area contributed by atoms with Gasteiger partial charge >= 0.3 is 13.5 Å². The lowest BCUT2D eigenvalue weighted by Gasteiger charge is -2.24. The van der Waals surface area contributed by atoms with E-state index in [9.17, 15) is 18.9 Å². The van der Waals surface area contributed by atoms with Crippen LogP contribution in [0.4, 0.5) is 0 Å². The van der Waals surface area contributed by atoms with Gasteiger partial charge in [0.1, 0.15) is 31.6 Å². The lowest BCUT2D eigenvalue weighted by Crippen LogP contribution is -2.33.